The number of thiophene rings is 1. The molecule has 7 nitrogen and oxygen atoms in total. The van der Waals surface area contributed by atoms with Crippen molar-refractivity contribution >= 4 is 38.2 Å². The summed E-state index contributed by atoms with van der Waals surface area (Å²) in [5, 5.41) is 6.17. The van der Waals surface area contributed by atoms with Gasteiger partial charge in [-0.2, -0.15) is 4.31 Å². The van der Waals surface area contributed by atoms with E-state index in [0.29, 0.717) is 41.1 Å². The van der Waals surface area contributed by atoms with Crippen LogP contribution in [-0.4, -0.2) is 44.7 Å². The Labute approximate surface area is 206 Å². The SMILES string of the molecule is CNC(=O)c1c(NC(=O)c2ccc(S(=O)(=O)N3CC(C)CC(C)C3)cc2)sc2c1CCCCC2. The van der Waals surface area contributed by atoms with Gasteiger partial charge in [0.1, 0.15) is 5.00 Å². The molecule has 2 atom stereocenters. The Morgan fingerprint density at radius 3 is 2.26 bits per heavy atom. The van der Waals surface area contributed by atoms with Crippen molar-refractivity contribution in [2.75, 3.05) is 25.5 Å². The molecule has 1 fully saturated rings. The first kappa shape index (κ1) is 24.9. The summed E-state index contributed by atoms with van der Waals surface area (Å²) in [4.78, 5) is 27.0. The van der Waals surface area contributed by atoms with Gasteiger partial charge in [-0.15, -0.1) is 11.3 Å². The molecule has 184 valence electrons. The number of hydrogen-bond acceptors (Lipinski definition) is 5. The number of carbonyl (C=O) groups is 2. The summed E-state index contributed by atoms with van der Waals surface area (Å²) in [5.41, 5.74) is 1.96. The molecule has 0 saturated carbocycles. The summed E-state index contributed by atoms with van der Waals surface area (Å²) in [7, 11) is -2.01. The van der Waals surface area contributed by atoms with E-state index in [4.69, 9.17) is 0 Å². The number of aryl methyl sites for hydroxylation is 1. The third-order valence-corrected chi connectivity index (χ3v) is 9.75. The molecular formula is C25H33N3O4S2. The minimum absolute atomic E-state index is 0.193. The fraction of sp³-hybridized carbons (Fsp3) is 0.520. The smallest absolute Gasteiger partial charge is 0.256 e. The maximum Gasteiger partial charge on any atom is 0.256 e. The number of carbonyl (C=O) groups excluding carboxylic acids is 2. The van der Waals surface area contributed by atoms with Crippen LogP contribution in [0.1, 0.15) is 70.7 Å². The van der Waals surface area contributed by atoms with Crippen molar-refractivity contribution in [2.24, 2.45) is 11.8 Å². The van der Waals surface area contributed by atoms with E-state index < -0.39 is 10.0 Å². The fourth-order valence-electron chi connectivity index (χ4n) is 5.10. The van der Waals surface area contributed by atoms with Crippen LogP contribution < -0.4 is 10.6 Å². The average Bonchev–Trinajstić information content (AvgIpc) is 2.97. The lowest BCUT2D eigenvalue weighted by atomic mass is 9.94. The van der Waals surface area contributed by atoms with Crippen LogP contribution in [0.25, 0.3) is 0 Å². The monoisotopic (exact) mass is 503 g/mol. The van der Waals surface area contributed by atoms with Crippen LogP contribution in [0.3, 0.4) is 0 Å². The van der Waals surface area contributed by atoms with Crippen molar-refractivity contribution in [3.63, 3.8) is 0 Å². The molecule has 0 spiro atoms. The maximum atomic E-state index is 13.1. The highest BCUT2D eigenvalue weighted by Crippen LogP contribution is 2.37. The molecule has 9 heteroatoms. The van der Waals surface area contributed by atoms with Crippen LogP contribution in [-0.2, 0) is 22.9 Å². The van der Waals surface area contributed by atoms with E-state index in [1.54, 1.807) is 11.4 Å². The summed E-state index contributed by atoms with van der Waals surface area (Å²) in [6.07, 6.45) is 6.03. The predicted octanol–water partition coefficient (Wildman–Crippen LogP) is 4.30. The molecule has 1 aliphatic heterocycles. The van der Waals surface area contributed by atoms with Crippen LogP contribution in [0, 0.1) is 11.8 Å². The minimum Gasteiger partial charge on any atom is -0.355 e. The van der Waals surface area contributed by atoms with Gasteiger partial charge in [0.15, 0.2) is 0 Å². The van der Waals surface area contributed by atoms with Gasteiger partial charge in [0.2, 0.25) is 10.0 Å². The van der Waals surface area contributed by atoms with Gasteiger partial charge in [-0.1, -0.05) is 20.3 Å². The summed E-state index contributed by atoms with van der Waals surface area (Å²) in [5.74, 6) is 0.0878. The third-order valence-electron chi connectivity index (χ3n) is 6.69. The van der Waals surface area contributed by atoms with E-state index in [-0.39, 0.29) is 16.7 Å². The number of amides is 2. The second-order valence-corrected chi connectivity index (χ2v) is 12.6. The number of sulfonamides is 1. The van der Waals surface area contributed by atoms with E-state index in [9.17, 15) is 18.0 Å². The van der Waals surface area contributed by atoms with Gasteiger partial charge in [0.25, 0.3) is 11.8 Å². The quantitative estimate of drug-likeness (QED) is 0.595. The molecule has 1 saturated heterocycles. The second-order valence-electron chi connectivity index (χ2n) is 9.59. The largest absolute Gasteiger partial charge is 0.355 e. The lowest BCUT2D eigenvalue weighted by molar-refractivity contribution is 0.0963. The van der Waals surface area contributed by atoms with E-state index in [0.717, 1.165) is 49.0 Å². The summed E-state index contributed by atoms with van der Waals surface area (Å²) >= 11 is 1.47. The maximum absolute atomic E-state index is 13.1. The standard InChI is InChI=1S/C25H33N3O4S2/c1-16-13-17(2)15-28(14-16)34(31,32)19-11-9-18(10-12-19)23(29)27-25-22(24(30)26-3)20-7-5-4-6-8-21(20)33-25/h9-12,16-17H,4-8,13-15H2,1-3H3,(H,26,30)(H,27,29). The van der Waals surface area contributed by atoms with Crippen molar-refractivity contribution in [1.82, 2.24) is 9.62 Å². The van der Waals surface area contributed by atoms with Crippen molar-refractivity contribution in [1.29, 1.82) is 0 Å². The highest BCUT2D eigenvalue weighted by atomic mass is 32.2. The van der Waals surface area contributed by atoms with Crippen LogP contribution in [0.5, 0.6) is 0 Å². The number of piperidine rings is 1. The number of nitrogens with one attached hydrogen (secondary N) is 2. The first-order valence-corrected chi connectivity index (χ1v) is 14.2. The zero-order chi connectivity index (χ0) is 24.5. The molecule has 2 heterocycles. The Morgan fingerprint density at radius 1 is 0.971 bits per heavy atom. The molecule has 0 radical (unpaired) electrons. The molecule has 4 rings (SSSR count). The van der Waals surface area contributed by atoms with Crippen molar-refractivity contribution in [3.8, 4) is 0 Å². The van der Waals surface area contributed by atoms with Gasteiger partial charge in [-0.05, 0) is 73.8 Å². The molecule has 1 aromatic carbocycles. The molecule has 2 aromatic rings. The Balaban J connectivity index is 1.54. The van der Waals surface area contributed by atoms with Gasteiger partial charge in [0.05, 0.1) is 10.5 Å². The summed E-state index contributed by atoms with van der Waals surface area (Å²) in [6, 6.07) is 6.07. The molecule has 1 aromatic heterocycles. The number of benzene rings is 1. The lowest BCUT2D eigenvalue weighted by Gasteiger charge is -2.34. The number of nitrogens with zero attached hydrogens (tertiary/aromatic N) is 1. The minimum atomic E-state index is -3.61. The van der Waals surface area contributed by atoms with E-state index in [1.165, 1.54) is 35.6 Å². The fourth-order valence-corrected chi connectivity index (χ4v) is 8.06. The topological polar surface area (TPSA) is 95.6 Å². The normalized spacial score (nSPS) is 21.4. The number of rotatable bonds is 5. The van der Waals surface area contributed by atoms with Crippen LogP contribution in [0.15, 0.2) is 29.2 Å². The predicted molar refractivity (Wildman–Crippen MR) is 135 cm³/mol. The Morgan fingerprint density at radius 2 is 1.62 bits per heavy atom. The zero-order valence-electron chi connectivity index (χ0n) is 20.0. The van der Waals surface area contributed by atoms with Gasteiger partial charge in [-0.25, -0.2) is 8.42 Å². The molecule has 1 aliphatic carbocycles. The molecule has 2 aliphatic rings. The lowest BCUT2D eigenvalue weighted by Crippen LogP contribution is -2.42. The van der Waals surface area contributed by atoms with Gasteiger partial charge >= 0.3 is 0 Å². The van der Waals surface area contributed by atoms with E-state index >= 15 is 0 Å². The van der Waals surface area contributed by atoms with Crippen molar-refractivity contribution < 1.29 is 18.0 Å². The molecule has 2 N–H and O–H groups in total. The highest BCUT2D eigenvalue weighted by Gasteiger charge is 2.32. The first-order valence-electron chi connectivity index (χ1n) is 12.0. The summed E-state index contributed by atoms with van der Waals surface area (Å²) in [6.45, 7) is 5.17. The van der Waals surface area contributed by atoms with Crippen molar-refractivity contribution in [2.45, 2.75) is 57.3 Å². The molecule has 34 heavy (non-hydrogen) atoms. The number of hydrogen-bond donors (Lipinski definition) is 2. The Kier molecular flexibility index (Phi) is 7.45. The Bertz CT molecular complexity index is 1160. The van der Waals surface area contributed by atoms with E-state index in [1.807, 2.05) is 0 Å². The van der Waals surface area contributed by atoms with Crippen LogP contribution in [0.2, 0.25) is 0 Å². The van der Waals surface area contributed by atoms with Crippen LogP contribution in [0.4, 0.5) is 5.00 Å². The Hall–Kier alpha value is -2.23. The second kappa shape index (κ2) is 10.2. The molecule has 2 amide bonds. The average molecular weight is 504 g/mol. The van der Waals surface area contributed by atoms with Gasteiger partial charge in [0, 0.05) is 30.6 Å². The summed E-state index contributed by atoms with van der Waals surface area (Å²) < 4.78 is 27.8. The zero-order valence-corrected chi connectivity index (χ0v) is 21.7. The van der Waals surface area contributed by atoms with Crippen molar-refractivity contribution in [3.05, 3.63) is 45.8 Å². The molecular weight excluding hydrogens is 470 g/mol. The van der Waals surface area contributed by atoms with Gasteiger partial charge in [-0.3, -0.25) is 9.59 Å². The highest BCUT2D eigenvalue weighted by molar-refractivity contribution is 7.89. The van der Waals surface area contributed by atoms with Crippen LogP contribution >= 0.6 is 11.3 Å². The first-order chi connectivity index (χ1) is 16.2. The number of fused-ring (bicyclic) bond motifs is 1. The number of anilines is 1. The molecule has 2 unspecified atom stereocenters. The van der Waals surface area contributed by atoms with E-state index in [2.05, 4.69) is 24.5 Å². The van der Waals surface area contributed by atoms with Gasteiger partial charge < -0.3 is 10.6 Å². The third kappa shape index (κ3) is 5.06. The molecule has 0 bridgehead atoms.